The Morgan fingerprint density at radius 2 is 1.09 bits per heavy atom. The zero-order valence-electron chi connectivity index (χ0n) is 13.0. The van der Waals surface area contributed by atoms with Gasteiger partial charge in [0.1, 0.15) is 0 Å². The van der Waals surface area contributed by atoms with E-state index in [9.17, 15) is 16.8 Å². The van der Waals surface area contributed by atoms with Crippen LogP contribution in [0.5, 0.6) is 0 Å². The molecule has 2 aromatic rings. The van der Waals surface area contributed by atoms with Crippen molar-refractivity contribution in [2.45, 2.75) is 9.79 Å². The minimum atomic E-state index is -3.75. The average molecular weight is 354 g/mol. The summed E-state index contributed by atoms with van der Waals surface area (Å²) in [6.07, 6.45) is 0. The highest BCUT2D eigenvalue weighted by Crippen LogP contribution is 2.23. The van der Waals surface area contributed by atoms with Crippen molar-refractivity contribution >= 4 is 25.7 Å². The lowest BCUT2D eigenvalue weighted by molar-refractivity contribution is 0.520. The smallest absolute Gasteiger partial charge is 0.264 e. The number of nitrogens with zero attached hydrogens (tertiary/aromatic N) is 2. The second kappa shape index (κ2) is 6.31. The maximum absolute atomic E-state index is 12.6. The van der Waals surface area contributed by atoms with Gasteiger partial charge in [0.2, 0.25) is 10.0 Å². The summed E-state index contributed by atoms with van der Waals surface area (Å²) < 4.78 is 51.4. The van der Waals surface area contributed by atoms with E-state index < -0.39 is 20.0 Å². The maximum Gasteiger partial charge on any atom is 0.264 e. The largest absolute Gasteiger partial charge is 0.269 e. The summed E-state index contributed by atoms with van der Waals surface area (Å²) in [5, 5.41) is 0. The molecule has 8 heteroatoms. The third-order valence-electron chi connectivity index (χ3n) is 3.38. The molecule has 2 rings (SSSR count). The molecule has 0 radical (unpaired) electrons. The highest BCUT2D eigenvalue weighted by atomic mass is 32.2. The predicted molar refractivity (Wildman–Crippen MR) is 89.3 cm³/mol. The molecular formula is C15H18N2O4S2. The van der Waals surface area contributed by atoms with Gasteiger partial charge in [0, 0.05) is 21.1 Å². The lowest BCUT2D eigenvalue weighted by atomic mass is 10.3. The van der Waals surface area contributed by atoms with Gasteiger partial charge < -0.3 is 0 Å². The van der Waals surface area contributed by atoms with E-state index in [1.165, 1.54) is 45.4 Å². The lowest BCUT2D eigenvalue weighted by Gasteiger charge is -2.19. The molecule has 0 aliphatic heterocycles. The number of benzene rings is 2. The zero-order valence-corrected chi connectivity index (χ0v) is 14.7. The van der Waals surface area contributed by atoms with Crippen LogP contribution in [0.15, 0.2) is 64.4 Å². The Hall–Kier alpha value is -1.90. The van der Waals surface area contributed by atoms with Crippen LogP contribution in [0, 0.1) is 0 Å². The Morgan fingerprint density at radius 1 is 0.652 bits per heavy atom. The second-order valence-corrected chi connectivity index (χ2v) is 9.19. The van der Waals surface area contributed by atoms with Crippen molar-refractivity contribution in [1.82, 2.24) is 4.31 Å². The van der Waals surface area contributed by atoms with Crippen molar-refractivity contribution in [3.8, 4) is 0 Å². The van der Waals surface area contributed by atoms with E-state index in [4.69, 9.17) is 0 Å². The second-order valence-electron chi connectivity index (χ2n) is 5.07. The molecule has 0 unspecified atom stereocenters. The topological polar surface area (TPSA) is 74.8 Å². The molecule has 0 heterocycles. The molecule has 0 spiro atoms. The van der Waals surface area contributed by atoms with Gasteiger partial charge >= 0.3 is 0 Å². The van der Waals surface area contributed by atoms with E-state index in [0.29, 0.717) is 5.69 Å². The fourth-order valence-electron chi connectivity index (χ4n) is 1.93. The minimum absolute atomic E-state index is 0.0292. The summed E-state index contributed by atoms with van der Waals surface area (Å²) >= 11 is 0. The number of anilines is 1. The standard InChI is InChI=1S/C15H18N2O4S2/c1-16(2)22(18,19)14-9-11-15(12-10-14)23(20,21)17(3)13-7-5-4-6-8-13/h4-12H,1-3H3. The summed E-state index contributed by atoms with van der Waals surface area (Å²) in [4.78, 5) is 0.0744. The van der Waals surface area contributed by atoms with Gasteiger partial charge in [-0.2, -0.15) is 0 Å². The fourth-order valence-corrected chi connectivity index (χ4v) is 4.03. The molecule has 0 saturated heterocycles. The van der Waals surface area contributed by atoms with Crippen molar-refractivity contribution in [3.05, 3.63) is 54.6 Å². The first kappa shape index (κ1) is 17.5. The first-order chi connectivity index (χ1) is 10.7. The van der Waals surface area contributed by atoms with Gasteiger partial charge in [-0.15, -0.1) is 0 Å². The Morgan fingerprint density at radius 3 is 1.52 bits per heavy atom. The van der Waals surface area contributed by atoms with Crippen molar-refractivity contribution in [2.75, 3.05) is 25.4 Å². The van der Waals surface area contributed by atoms with Gasteiger partial charge in [0.05, 0.1) is 15.5 Å². The molecule has 0 aliphatic rings. The third kappa shape index (κ3) is 3.39. The summed E-state index contributed by atoms with van der Waals surface area (Å²) in [6, 6.07) is 13.8. The number of sulfonamides is 2. The van der Waals surface area contributed by atoms with E-state index in [1.807, 2.05) is 0 Å². The molecule has 6 nitrogen and oxygen atoms in total. The van der Waals surface area contributed by atoms with Gasteiger partial charge in [0.15, 0.2) is 0 Å². The molecule has 0 fully saturated rings. The molecule has 0 aromatic heterocycles. The minimum Gasteiger partial charge on any atom is -0.269 e. The van der Waals surface area contributed by atoms with Crippen LogP contribution < -0.4 is 4.31 Å². The monoisotopic (exact) mass is 354 g/mol. The molecule has 0 bridgehead atoms. The Bertz CT molecular complexity index is 875. The van der Waals surface area contributed by atoms with E-state index >= 15 is 0 Å². The highest BCUT2D eigenvalue weighted by molar-refractivity contribution is 7.92. The van der Waals surface area contributed by atoms with Crippen molar-refractivity contribution < 1.29 is 16.8 Å². The number of para-hydroxylation sites is 1. The van der Waals surface area contributed by atoms with Crippen LogP contribution in [0.2, 0.25) is 0 Å². The van der Waals surface area contributed by atoms with Gasteiger partial charge in [-0.3, -0.25) is 4.31 Å². The van der Waals surface area contributed by atoms with Crippen LogP contribution >= 0.6 is 0 Å². The van der Waals surface area contributed by atoms with Crippen LogP contribution in [0.25, 0.3) is 0 Å². The molecule has 0 N–H and O–H groups in total. The number of hydrogen-bond donors (Lipinski definition) is 0. The Labute approximate surface area is 137 Å². The van der Waals surface area contributed by atoms with Crippen LogP contribution in [0.1, 0.15) is 0 Å². The third-order valence-corrected chi connectivity index (χ3v) is 7.01. The molecule has 0 atom stereocenters. The van der Waals surface area contributed by atoms with Gasteiger partial charge in [-0.25, -0.2) is 21.1 Å². The SMILES string of the molecule is CN(C)S(=O)(=O)c1ccc(S(=O)(=O)N(C)c2ccccc2)cc1. The van der Waals surface area contributed by atoms with Crippen molar-refractivity contribution in [2.24, 2.45) is 0 Å². The van der Waals surface area contributed by atoms with Gasteiger partial charge in [0.25, 0.3) is 10.0 Å². The Kier molecular flexibility index (Phi) is 4.79. The summed E-state index contributed by atoms with van der Waals surface area (Å²) in [5.41, 5.74) is 0.525. The molecule has 0 aliphatic carbocycles. The van der Waals surface area contributed by atoms with E-state index in [2.05, 4.69) is 0 Å². The van der Waals surface area contributed by atoms with E-state index in [0.717, 1.165) is 8.61 Å². The zero-order chi connectivity index (χ0) is 17.3. The highest BCUT2D eigenvalue weighted by Gasteiger charge is 2.23. The first-order valence-corrected chi connectivity index (χ1v) is 9.62. The molecule has 124 valence electrons. The number of hydrogen-bond acceptors (Lipinski definition) is 4. The maximum atomic E-state index is 12.6. The first-order valence-electron chi connectivity index (χ1n) is 6.74. The predicted octanol–water partition coefficient (Wildman–Crippen LogP) is 1.76. The summed E-state index contributed by atoms with van der Waals surface area (Å²) in [6.45, 7) is 0. The van der Waals surface area contributed by atoms with Crippen LogP contribution in [-0.4, -0.2) is 42.3 Å². The lowest BCUT2D eigenvalue weighted by Crippen LogP contribution is -2.26. The molecule has 23 heavy (non-hydrogen) atoms. The van der Waals surface area contributed by atoms with Gasteiger partial charge in [-0.05, 0) is 36.4 Å². The van der Waals surface area contributed by atoms with E-state index in [1.54, 1.807) is 30.3 Å². The molecular weight excluding hydrogens is 336 g/mol. The number of rotatable bonds is 5. The average Bonchev–Trinajstić information content (AvgIpc) is 2.54. The van der Waals surface area contributed by atoms with Crippen LogP contribution in [-0.2, 0) is 20.0 Å². The van der Waals surface area contributed by atoms with Crippen LogP contribution in [0.4, 0.5) is 5.69 Å². The van der Waals surface area contributed by atoms with E-state index in [-0.39, 0.29) is 9.79 Å². The Balaban J connectivity index is 2.39. The summed E-state index contributed by atoms with van der Waals surface area (Å²) in [7, 11) is -3.04. The van der Waals surface area contributed by atoms with Crippen LogP contribution in [0.3, 0.4) is 0 Å². The normalized spacial score (nSPS) is 12.3. The fraction of sp³-hybridized carbons (Fsp3) is 0.200. The molecule has 0 amide bonds. The molecule has 2 aromatic carbocycles. The van der Waals surface area contributed by atoms with Crippen molar-refractivity contribution in [1.29, 1.82) is 0 Å². The molecule has 0 saturated carbocycles. The van der Waals surface area contributed by atoms with Crippen molar-refractivity contribution in [3.63, 3.8) is 0 Å². The quantitative estimate of drug-likeness (QED) is 0.820. The van der Waals surface area contributed by atoms with Gasteiger partial charge in [-0.1, -0.05) is 18.2 Å². The summed E-state index contributed by atoms with van der Waals surface area (Å²) in [5.74, 6) is 0.